The van der Waals surface area contributed by atoms with Crippen molar-refractivity contribution in [2.45, 2.75) is 31.6 Å². The second kappa shape index (κ2) is 6.94. The van der Waals surface area contributed by atoms with Gasteiger partial charge in [0.2, 0.25) is 11.8 Å². The molecule has 3 heterocycles. The van der Waals surface area contributed by atoms with Crippen molar-refractivity contribution in [3.63, 3.8) is 0 Å². The zero-order valence-corrected chi connectivity index (χ0v) is 16.2. The number of piperidine rings is 2. The van der Waals surface area contributed by atoms with Crippen LogP contribution in [0, 0.1) is 17.8 Å². The fourth-order valence-corrected chi connectivity index (χ4v) is 5.48. The van der Waals surface area contributed by atoms with Gasteiger partial charge >= 0.3 is 6.18 Å². The van der Waals surface area contributed by atoms with Crippen LogP contribution in [0.25, 0.3) is 0 Å². The highest BCUT2D eigenvalue weighted by molar-refractivity contribution is 6.22. The lowest BCUT2D eigenvalue weighted by molar-refractivity contribution is -0.137. The molecule has 156 valence electrons. The van der Waals surface area contributed by atoms with Crippen molar-refractivity contribution in [1.29, 1.82) is 0 Å². The summed E-state index contributed by atoms with van der Waals surface area (Å²) in [5.41, 5.74) is 0.306. The standard InChI is InChI=1S/C23H21F3N2O2/c24-23(25,26)16-7-4-8-17(11-16)28-21(29)19-15-9-10-18(20(19)22(28)30)27(13-15)12-14-5-2-1-3-6-14/h1-8,11,15,18-20H,9-10,12-13H2/t15-,18?,19+,20-/m0/s1. The Balaban J connectivity index is 1.45. The van der Waals surface area contributed by atoms with Crippen molar-refractivity contribution in [2.24, 2.45) is 17.8 Å². The molecular formula is C23H21F3N2O2. The SMILES string of the molecule is O=C1[C@@H]2[C@H]3CCC([C@@H]2C(=O)N1c1cccc(C(F)(F)F)c1)N(Cc1ccccc1)C3. The van der Waals surface area contributed by atoms with Gasteiger partial charge in [0.25, 0.3) is 0 Å². The number of nitrogens with zero attached hydrogens (tertiary/aromatic N) is 2. The summed E-state index contributed by atoms with van der Waals surface area (Å²) in [6.07, 6.45) is -2.83. The number of hydrogen-bond acceptors (Lipinski definition) is 3. The Labute approximate surface area is 172 Å². The molecule has 4 fully saturated rings. The Kier molecular flexibility index (Phi) is 4.47. The molecule has 0 spiro atoms. The molecule has 2 aromatic rings. The molecule has 1 saturated carbocycles. The van der Waals surface area contributed by atoms with Crippen LogP contribution in [0.3, 0.4) is 0 Å². The van der Waals surface area contributed by atoms with Gasteiger partial charge in [0.1, 0.15) is 0 Å². The summed E-state index contributed by atoms with van der Waals surface area (Å²) in [4.78, 5) is 29.7. The first-order valence-corrected chi connectivity index (χ1v) is 10.2. The van der Waals surface area contributed by atoms with Gasteiger partial charge in [-0.3, -0.25) is 14.5 Å². The Morgan fingerprint density at radius 1 is 0.900 bits per heavy atom. The molecule has 1 aliphatic carbocycles. The number of imide groups is 1. The third-order valence-corrected chi connectivity index (χ3v) is 6.75. The molecule has 0 aromatic heterocycles. The number of benzene rings is 2. The van der Waals surface area contributed by atoms with Crippen molar-refractivity contribution < 1.29 is 22.8 Å². The lowest BCUT2D eigenvalue weighted by Gasteiger charge is -2.50. The zero-order chi connectivity index (χ0) is 21.0. The van der Waals surface area contributed by atoms with Crippen LogP contribution in [0.2, 0.25) is 0 Å². The molecule has 0 radical (unpaired) electrons. The van der Waals surface area contributed by atoms with Gasteiger partial charge in [-0.25, -0.2) is 4.90 Å². The number of amides is 2. The van der Waals surface area contributed by atoms with Crippen LogP contribution in [0.5, 0.6) is 0 Å². The molecule has 3 aliphatic heterocycles. The first-order valence-electron chi connectivity index (χ1n) is 10.2. The second-order valence-corrected chi connectivity index (χ2v) is 8.43. The topological polar surface area (TPSA) is 40.6 Å². The Morgan fingerprint density at radius 2 is 1.63 bits per heavy atom. The molecule has 2 amide bonds. The van der Waals surface area contributed by atoms with Gasteiger partial charge in [0.15, 0.2) is 0 Å². The molecule has 0 N–H and O–H groups in total. The summed E-state index contributed by atoms with van der Waals surface area (Å²) in [6.45, 7) is 1.44. The van der Waals surface area contributed by atoms with E-state index in [4.69, 9.17) is 0 Å². The van der Waals surface area contributed by atoms with Crippen LogP contribution in [0.15, 0.2) is 54.6 Å². The summed E-state index contributed by atoms with van der Waals surface area (Å²) in [5.74, 6) is -1.58. The summed E-state index contributed by atoms with van der Waals surface area (Å²) >= 11 is 0. The van der Waals surface area contributed by atoms with Crippen LogP contribution in [-0.4, -0.2) is 29.3 Å². The van der Waals surface area contributed by atoms with E-state index in [1.807, 2.05) is 30.3 Å². The summed E-state index contributed by atoms with van der Waals surface area (Å²) in [6, 6.07) is 14.4. The normalized spacial score (nSPS) is 28.8. The summed E-state index contributed by atoms with van der Waals surface area (Å²) in [5, 5.41) is 0. The second-order valence-electron chi connectivity index (χ2n) is 8.43. The average Bonchev–Trinajstić information content (AvgIpc) is 3.01. The molecule has 6 rings (SSSR count). The Bertz CT molecular complexity index is 991. The number of carbonyl (C=O) groups excluding carboxylic acids is 2. The Morgan fingerprint density at radius 3 is 2.37 bits per heavy atom. The van der Waals surface area contributed by atoms with Crippen LogP contribution in [0.4, 0.5) is 18.9 Å². The van der Waals surface area contributed by atoms with Crippen molar-refractivity contribution in [2.75, 3.05) is 11.4 Å². The minimum Gasteiger partial charge on any atom is -0.295 e. The molecule has 2 bridgehead atoms. The van der Waals surface area contributed by atoms with E-state index >= 15 is 0 Å². The van der Waals surface area contributed by atoms with Gasteiger partial charge < -0.3 is 0 Å². The highest BCUT2D eigenvalue weighted by atomic mass is 19.4. The molecular weight excluding hydrogens is 393 g/mol. The van der Waals surface area contributed by atoms with Crippen molar-refractivity contribution in [3.05, 3.63) is 65.7 Å². The van der Waals surface area contributed by atoms with Crippen molar-refractivity contribution >= 4 is 17.5 Å². The van der Waals surface area contributed by atoms with E-state index < -0.39 is 23.6 Å². The lowest BCUT2D eigenvalue weighted by atomic mass is 9.66. The number of carbonyl (C=O) groups is 2. The maximum atomic E-state index is 13.3. The molecule has 2 aromatic carbocycles. The third-order valence-electron chi connectivity index (χ3n) is 6.75. The predicted octanol–water partition coefficient (Wildman–Crippen LogP) is 4.11. The van der Waals surface area contributed by atoms with Gasteiger partial charge in [-0.15, -0.1) is 0 Å². The van der Waals surface area contributed by atoms with E-state index in [2.05, 4.69) is 4.90 Å². The molecule has 4 atom stereocenters. The van der Waals surface area contributed by atoms with Crippen molar-refractivity contribution in [3.8, 4) is 0 Å². The van der Waals surface area contributed by atoms with E-state index in [1.165, 1.54) is 12.1 Å². The molecule has 4 nitrogen and oxygen atoms in total. The van der Waals surface area contributed by atoms with Crippen LogP contribution < -0.4 is 4.90 Å². The highest BCUT2D eigenvalue weighted by Crippen LogP contribution is 2.49. The number of alkyl halides is 3. The molecule has 30 heavy (non-hydrogen) atoms. The lowest BCUT2D eigenvalue weighted by Crippen LogP contribution is -2.58. The van der Waals surface area contributed by atoms with Crippen LogP contribution in [-0.2, 0) is 22.3 Å². The number of halogens is 3. The van der Waals surface area contributed by atoms with Gasteiger partial charge in [-0.2, -0.15) is 13.2 Å². The van der Waals surface area contributed by atoms with Crippen LogP contribution >= 0.6 is 0 Å². The number of anilines is 1. The third kappa shape index (κ3) is 3.03. The van der Waals surface area contributed by atoms with E-state index in [0.717, 1.165) is 42.0 Å². The van der Waals surface area contributed by atoms with E-state index in [1.54, 1.807) is 0 Å². The average molecular weight is 414 g/mol. The smallest absolute Gasteiger partial charge is 0.295 e. The molecule has 3 saturated heterocycles. The number of rotatable bonds is 3. The maximum Gasteiger partial charge on any atom is 0.416 e. The van der Waals surface area contributed by atoms with E-state index in [-0.39, 0.29) is 29.5 Å². The zero-order valence-electron chi connectivity index (χ0n) is 16.2. The summed E-state index contributed by atoms with van der Waals surface area (Å²) in [7, 11) is 0. The van der Waals surface area contributed by atoms with Gasteiger partial charge in [-0.05, 0) is 42.5 Å². The van der Waals surface area contributed by atoms with E-state index in [9.17, 15) is 22.8 Å². The number of fused-ring (bicyclic) bond motifs is 2. The Hall–Kier alpha value is -2.67. The molecule has 7 heteroatoms. The molecule has 1 unspecified atom stereocenters. The predicted molar refractivity (Wildman–Crippen MR) is 104 cm³/mol. The molecule has 4 aliphatic rings. The first kappa shape index (κ1) is 19.3. The van der Waals surface area contributed by atoms with Gasteiger partial charge in [0, 0.05) is 19.1 Å². The van der Waals surface area contributed by atoms with Gasteiger partial charge in [0.05, 0.1) is 23.1 Å². The van der Waals surface area contributed by atoms with Gasteiger partial charge in [-0.1, -0.05) is 36.4 Å². The fraction of sp³-hybridized carbons (Fsp3) is 0.391. The minimum absolute atomic E-state index is 0.0169. The monoisotopic (exact) mass is 414 g/mol. The summed E-state index contributed by atoms with van der Waals surface area (Å²) < 4.78 is 39.4. The largest absolute Gasteiger partial charge is 0.416 e. The first-order chi connectivity index (χ1) is 14.3. The van der Waals surface area contributed by atoms with E-state index in [0.29, 0.717) is 6.54 Å². The minimum atomic E-state index is -4.53. The fourth-order valence-electron chi connectivity index (χ4n) is 5.48. The van der Waals surface area contributed by atoms with Crippen molar-refractivity contribution in [1.82, 2.24) is 4.90 Å². The maximum absolute atomic E-state index is 13.3. The number of hydrogen-bond donors (Lipinski definition) is 0. The van der Waals surface area contributed by atoms with Crippen LogP contribution in [0.1, 0.15) is 24.0 Å². The quantitative estimate of drug-likeness (QED) is 0.710. The highest BCUT2D eigenvalue weighted by Gasteiger charge is 2.60.